The number of nitrogens with one attached hydrogen (secondary N) is 1. The zero-order valence-corrected chi connectivity index (χ0v) is 14.7. The fourth-order valence-electron chi connectivity index (χ4n) is 2.26. The summed E-state index contributed by atoms with van der Waals surface area (Å²) in [5, 5.41) is 15.8. The van der Waals surface area contributed by atoms with Gasteiger partial charge in [0.05, 0.1) is 11.5 Å². The highest BCUT2D eigenvalue weighted by atomic mass is 32.1. The van der Waals surface area contributed by atoms with E-state index in [-0.39, 0.29) is 11.4 Å². The molecule has 0 fully saturated rings. The second-order valence-corrected chi connectivity index (χ2v) is 6.11. The van der Waals surface area contributed by atoms with Crippen LogP contribution in [0.1, 0.15) is 17.4 Å². The van der Waals surface area contributed by atoms with E-state index in [0.717, 1.165) is 11.3 Å². The predicted molar refractivity (Wildman–Crippen MR) is 99.8 cm³/mol. The molecule has 1 heterocycles. The van der Waals surface area contributed by atoms with Crippen molar-refractivity contribution < 1.29 is 14.5 Å². The molecule has 0 unspecified atom stereocenters. The van der Waals surface area contributed by atoms with Gasteiger partial charge in [-0.3, -0.25) is 14.9 Å². The standard InChI is InChI=1S/C18H15N3O4S/c1-2-25-15-8-6-12(7-9-15)18-20-16(11-26-18)17(22)19-13-4-3-5-14(10-13)21(23)24/h3-11H,2H2,1H3,(H,19,22). The van der Waals surface area contributed by atoms with Crippen molar-refractivity contribution in [3.63, 3.8) is 0 Å². The second-order valence-electron chi connectivity index (χ2n) is 5.26. The molecule has 0 aliphatic heterocycles. The minimum atomic E-state index is -0.511. The molecular weight excluding hydrogens is 354 g/mol. The van der Waals surface area contributed by atoms with Gasteiger partial charge in [-0.25, -0.2) is 4.98 Å². The van der Waals surface area contributed by atoms with E-state index in [0.29, 0.717) is 17.3 Å². The first-order chi connectivity index (χ1) is 12.6. The normalized spacial score (nSPS) is 10.3. The van der Waals surface area contributed by atoms with Gasteiger partial charge in [0.15, 0.2) is 0 Å². The van der Waals surface area contributed by atoms with Crippen molar-refractivity contribution >= 4 is 28.6 Å². The number of rotatable bonds is 6. The van der Waals surface area contributed by atoms with Gasteiger partial charge in [0.1, 0.15) is 16.5 Å². The van der Waals surface area contributed by atoms with Gasteiger partial charge in [0.25, 0.3) is 11.6 Å². The Morgan fingerprint density at radius 1 is 1.27 bits per heavy atom. The Bertz CT molecular complexity index is 938. The van der Waals surface area contributed by atoms with Gasteiger partial charge in [0, 0.05) is 28.8 Å². The Hall–Kier alpha value is -3.26. The number of non-ortho nitro benzene ring substituents is 1. The largest absolute Gasteiger partial charge is 0.494 e. The van der Waals surface area contributed by atoms with E-state index < -0.39 is 10.8 Å². The zero-order chi connectivity index (χ0) is 18.5. The summed E-state index contributed by atoms with van der Waals surface area (Å²) in [5.41, 5.74) is 1.40. The fourth-order valence-corrected chi connectivity index (χ4v) is 3.07. The molecular formula is C18H15N3O4S. The maximum absolute atomic E-state index is 12.3. The number of anilines is 1. The first-order valence-corrected chi connectivity index (χ1v) is 8.69. The zero-order valence-electron chi connectivity index (χ0n) is 13.8. The third-order valence-electron chi connectivity index (χ3n) is 3.46. The smallest absolute Gasteiger partial charge is 0.275 e. The number of aromatic nitrogens is 1. The summed E-state index contributed by atoms with van der Waals surface area (Å²) in [6, 6.07) is 13.2. The van der Waals surface area contributed by atoms with Gasteiger partial charge < -0.3 is 10.1 Å². The summed E-state index contributed by atoms with van der Waals surface area (Å²) >= 11 is 1.35. The number of nitro groups is 1. The highest BCUT2D eigenvalue weighted by Gasteiger charge is 2.14. The maximum atomic E-state index is 12.3. The topological polar surface area (TPSA) is 94.4 Å². The SMILES string of the molecule is CCOc1ccc(-c2nc(C(=O)Nc3cccc([N+](=O)[O-])c3)cs2)cc1. The molecule has 0 saturated heterocycles. The minimum Gasteiger partial charge on any atom is -0.494 e. The average molecular weight is 369 g/mol. The molecule has 8 heteroatoms. The van der Waals surface area contributed by atoms with E-state index in [9.17, 15) is 14.9 Å². The lowest BCUT2D eigenvalue weighted by molar-refractivity contribution is -0.384. The number of nitrogens with zero attached hydrogens (tertiary/aromatic N) is 2. The Labute approximate surface area is 153 Å². The van der Waals surface area contributed by atoms with Crippen molar-refractivity contribution in [1.29, 1.82) is 0 Å². The summed E-state index contributed by atoms with van der Waals surface area (Å²) in [7, 11) is 0. The molecule has 3 rings (SSSR count). The van der Waals surface area contributed by atoms with Crippen molar-refractivity contribution in [2.24, 2.45) is 0 Å². The minimum absolute atomic E-state index is 0.0869. The van der Waals surface area contributed by atoms with Crippen molar-refractivity contribution in [2.45, 2.75) is 6.92 Å². The average Bonchev–Trinajstić information content (AvgIpc) is 3.13. The van der Waals surface area contributed by atoms with Gasteiger partial charge in [-0.05, 0) is 37.3 Å². The number of ether oxygens (including phenoxy) is 1. The lowest BCUT2D eigenvalue weighted by Crippen LogP contribution is -2.12. The van der Waals surface area contributed by atoms with E-state index in [4.69, 9.17) is 4.74 Å². The number of carbonyl (C=O) groups is 1. The Kier molecular flexibility index (Phi) is 5.23. The van der Waals surface area contributed by atoms with Gasteiger partial charge in [0.2, 0.25) is 0 Å². The van der Waals surface area contributed by atoms with Crippen LogP contribution in [0.15, 0.2) is 53.9 Å². The second kappa shape index (κ2) is 7.75. The summed E-state index contributed by atoms with van der Waals surface area (Å²) < 4.78 is 5.40. The van der Waals surface area contributed by atoms with Gasteiger partial charge in [-0.15, -0.1) is 11.3 Å². The molecule has 0 spiro atoms. The summed E-state index contributed by atoms with van der Waals surface area (Å²) in [6.45, 7) is 2.51. The number of nitro benzene ring substituents is 1. The molecule has 0 aliphatic rings. The Morgan fingerprint density at radius 3 is 2.73 bits per heavy atom. The Morgan fingerprint density at radius 2 is 2.04 bits per heavy atom. The van der Waals surface area contributed by atoms with Crippen molar-refractivity contribution in [3.05, 3.63) is 69.7 Å². The van der Waals surface area contributed by atoms with Crippen molar-refractivity contribution in [1.82, 2.24) is 4.98 Å². The monoisotopic (exact) mass is 369 g/mol. The quantitative estimate of drug-likeness (QED) is 0.514. The molecule has 0 bridgehead atoms. The first kappa shape index (κ1) is 17.6. The van der Waals surface area contributed by atoms with Crippen molar-refractivity contribution in [3.8, 4) is 16.3 Å². The van der Waals surface area contributed by atoms with E-state index in [2.05, 4.69) is 10.3 Å². The predicted octanol–water partition coefficient (Wildman–Crippen LogP) is 4.37. The van der Waals surface area contributed by atoms with E-state index >= 15 is 0 Å². The van der Waals surface area contributed by atoms with Crippen LogP contribution < -0.4 is 10.1 Å². The van der Waals surface area contributed by atoms with Gasteiger partial charge in [-0.2, -0.15) is 0 Å². The van der Waals surface area contributed by atoms with Crippen LogP contribution in [-0.2, 0) is 0 Å². The molecule has 1 aromatic heterocycles. The van der Waals surface area contributed by atoms with E-state index in [1.54, 1.807) is 11.4 Å². The van der Waals surface area contributed by atoms with Gasteiger partial charge in [-0.1, -0.05) is 6.07 Å². The van der Waals surface area contributed by atoms with Crippen LogP contribution in [0.2, 0.25) is 0 Å². The van der Waals surface area contributed by atoms with Gasteiger partial charge >= 0.3 is 0 Å². The highest BCUT2D eigenvalue weighted by molar-refractivity contribution is 7.13. The molecule has 2 aromatic carbocycles. The maximum Gasteiger partial charge on any atom is 0.275 e. The number of hydrogen-bond acceptors (Lipinski definition) is 6. The van der Waals surface area contributed by atoms with Crippen LogP contribution in [0, 0.1) is 10.1 Å². The molecule has 0 atom stereocenters. The lowest BCUT2D eigenvalue weighted by atomic mass is 10.2. The van der Waals surface area contributed by atoms with Crippen molar-refractivity contribution in [2.75, 3.05) is 11.9 Å². The van der Waals surface area contributed by atoms with Crippen LogP contribution in [0.5, 0.6) is 5.75 Å². The van der Waals surface area contributed by atoms with E-state index in [1.807, 2.05) is 31.2 Å². The number of amides is 1. The molecule has 0 saturated carbocycles. The van der Waals surface area contributed by atoms with Crippen LogP contribution in [0.4, 0.5) is 11.4 Å². The number of hydrogen-bond donors (Lipinski definition) is 1. The molecule has 0 aliphatic carbocycles. The number of benzene rings is 2. The molecule has 0 radical (unpaired) electrons. The number of thiazole rings is 1. The molecule has 3 aromatic rings. The molecule has 132 valence electrons. The molecule has 26 heavy (non-hydrogen) atoms. The summed E-state index contributed by atoms with van der Waals surface area (Å²) in [4.78, 5) is 27.0. The Balaban J connectivity index is 1.73. The lowest BCUT2D eigenvalue weighted by Gasteiger charge is -2.03. The molecule has 1 N–H and O–H groups in total. The fraction of sp³-hybridized carbons (Fsp3) is 0.111. The van der Waals surface area contributed by atoms with E-state index in [1.165, 1.54) is 29.5 Å². The summed E-state index contributed by atoms with van der Waals surface area (Å²) in [6.07, 6.45) is 0. The number of carbonyl (C=O) groups excluding carboxylic acids is 1. The van der Waals surface area contributed by atoms with Crippen LogP contribution >= 0.6 is 11.3 Å². The third-order valence-corrected chi connectivity index (χ3v) is 4.36. The summed E-state index contributed by atoms with van der Waals surface area (Å²) in [5.74, 6) is 0.357. The first-order valence-electron chi connectivity index (χ1n) is 7.81. The van der Waals surface area contributed by atoms with Crippen LogP contribution in [0.25, 0.3) is 10.6 Å². The van der Waals surface area contributed by atoms with Crippen LogP contribution in [0.3, 0.4) is 0 Å². The third kappa shape index (κ3) is 4.04. The molecule has 1 amide bonds. The highest BCUT2D eigenvalue weighted by Crippen LogP contribution is 2.26. The van der Waals surface area contributed by atoms with Crippen LogP contribution in [-0.4, -0.2) is 22.4 Å². The molecule has 7 nitrogen and oxygen atoms in total.